The molecule has 0 spiro atoms. The van der Waals surface area contributed by atoms with E-state index in [1.807, 2.05) is 18.2 Å². The summed E-state index contributed by atoms with van der Waals surface area (Å²) < 4.78 is 0. The minimum absolute atomic E-state index is 0.903. The summed E-state index contributed by atoms with van der Waals surface area (Å²) in [6.07, 6.45) is 17.6. The average Bonchev–Trinajstić information content (AvgIpc) is 2.49. The van der Waals surface area contributed by atoms with Crippen molar-refractivity contribution in [1.82, 2.24) is 0 Å². The lowest BCUT2D eigenvalue weighted by Crippen LogP contribution is -2.12. The van der Waals surface area contributed by atoms with Gasteiger partial charge in [-0.15, -0.1) is 0 Å². The first-order valence-electron chi connectivity index (χ1n) is 8.06. The lowest BCUT2D eigenvalue weighted by atomic mass is 9.80. The maximum atomic E-state index is 4.16. The molecule has 0 atom stereocenters. The van der Waals surface area contributed by atoms with Gasteiger partial charge in [-0.2, -0.15) is 0 Å². The fourth-order valence-electron chi connectivity index (χ4n) is 2.71. The molecule has 0 nitrogen and oxygen atoms in total. The molecule has 0 N–H and O–H groups in total. The molecule has 1 aliphatic rings. The van der Waals surface area contributed by atoms with Gasteiger partial charge in [-0.3, -0.25) is 0 Å². The molecule has 0 aliphatic heterocycles. The Bertz CT molecular complexity index is 437. The summed E-state index contributed by atoms with van der Waals surface area (Å²) in [5.41, 5.74) is 3.04. The highest BCUT2D eigenvalue weighted by molar-refractivity contribution is 5.44. The van der Waals surface area contributed by atoms with Crippen LogP contribution in [0.25, 0.3) is 0 Å². The van der Waals surface area contributed by atoms with E-state index in [2.05, 4.69) is 39.3 Å². The molecule has 0 bridgehead atoms. The summed E-state index contributed by atoms with van der Waals surface area (Å²) in [5, 5.41) is 0. The first-order valence-corrected chi connectivity index (χ1v) is 8.06. The highest BCUT2D eigenvalue weighted by Crippen LogP contribution is 2.31. The second-order valence-corrected chi connectivity index (χ2v) is 6.30. The fraction of sp³-hybridized carbons (Fsp3) is 0.429. The van der Waals surface area contributed by atoms with E-state index >= 15 is 0 Å². The molecule has 0 aromatic heterocycles. The van der Waals surface area contributed by atoms with Crippen LogP contribution in [0.5, 0.6) is 0 Å². The van der Waals surface area contributed by atoms with Crippen molar-refractivity contribution in [1.29, 1.82) is 0 Å². The summed E-state index contributed by atoms with van der Waals surface area (Å²) in [5.74, 6) is 1.84. The molecule has 0 radical (unpaired) electrons. The minimum atomic E-state index is 0.903. The van der Waals surface area contributed by atoms with E-state index in [1.54, 1.807) is 6.08 Å². The van der Waals surface area contributed by atoms with Crippen molar-refractivity contribution in [3.8, 4) is 0 Å². The van der Waals surface area contributed by atoms with E-state index in [0.717, 1.165) is 29.4 Å². The van der Waals surface area contributed by atoms with Gasteiger partial charge in [-0.25, -0.2) is 0 Å². The van der Waals surface area contributed by atoms with Crippen LogP contribution in [-0.4, -0.2) is 0 Å². The molecule has 1 fully saturated rings. The predicted molar refractivity (Wildman–Crippen MR) is 96.3 cm³/mol. The number of hydrogen-bond donors (Lipinski definition) is 0. The van der Waals surface area contributed by atoms with Gasteiger partial charge in [0.15, 0.2) is 0 Å². The Morgan fingerprint density at radius 1 is 0.952 bits per heavy atom. The number of allylic oxidation sites excluding steroid dienone is 8. The van der Waals surface area contributed by atoms with Gasteiger partial charge in [0.1, 0.15) is 0 Å². The maximum absolute atomic E-state index is 4.16. The van der Waals surface area contributed by atoms with Crippen LogP contribution in [0.15, 0.2) is 73.4 Å². The largest absolute Gasteiger partial charge is 0.0991 e. The smallest absolute Gasteiger partial charge is 0.0262 e. The zero-order valence-corrected chi connectivity index (χ0v) is 13.6. The summed E-state index contributed by atoms with van der Waals surface area (Å²) in [6.45, 7) is 18.2. The molecule has 0 amide bonds. The quantitative estimate of drug-likeness (QED) is 0.442. The summed E-state index contributed by atoms with van der Waals surface area (Å²) in [6, 6.07) is 0. The second kappa shape index (κ2) is 9.39. The van der Waals surface area contributed by atoms with Crippen molar-refractivity contribution in [3.05, 3.63) is 73.4 Å². The molecule has 1 saturated carbocycles. The van der Waals surface area contributed by atoms with Crippen molar-refractivity contribution >= 4 is 0 Å². The SMILES string of the molecule is C=C/C=C\C(=C)C(=C)/C=C\C(=C)CCC1CCC(C)CC1. The topological polar surface area (TPSA) is 0 Å². The molecule has 114 valence electrons. The van der Waals surface area contributed by atoms with Crippen molar-refractivity contribution in [2.75, 3.05) is 0 Å². The van der Waals surface area contributed by atoms with Crippen LogP contribution in [0.3, 0.4) is 0 Å². The molecule has 0 aromatic rings. The molecule has 0 heteroatoms. The average molecular weight is 282 g/mol. The van der Waals surface area contributed by atoms with Crippen LogP contribution >= 0.6 is 0 Å². The van der Waals surface area contributed by atoms with Gasteiger partial charge in [-0.1, -0.05) is 94.9 Å². The van der Waals surface area contributed by atoms with Gasteiger partial charge in [0.05, 0.1) is 0 Å². The van der Waals surface area contributed by atoms with Gasteiger partial charge in [-0.05, 0) is 35.8 Å². The second-order valence-electron chi connectivity index (χ2n) is 6.30. The van der Waals surface area contributed by atoms with E-state index in [0.29, 0.717) is 0 Å². The van der Waals surface area contributed by atoms with E-state index in [1.165, 1.54) is 37.7 Å². The Morgan fingerprint density at radius 2 is 1.57 bits per heavy atom. The Hall–Kier alpha value is -1.56. The van der Waals surface area contributed by atoms with E-state index in [4.69, 9.17) is 0 Å². The molecular formula is C21H30. The zero-order valence-electron chi connectivity index (χ0n) is 13.6. The van der Waals surface area contributed by atoms with Crippen molar-refractivity contribution < 1.29 is 0 Å². The molecule has 0 heterocycles. The third-order valence-corrected chi connectivity index (χ3v) is 4.38. The Labute approximate surface area is 131 Å². The minimum Gasteiger partial charge on any atom is -0.0991 e. The first-order chi connectivity index (χ1) is 10.0. The van der Waals surface area contributed by atoms with Crippen molar-refractivity contribution in [3.63, 3.8) is 0 Å². The lowest BCUT2D eigenvalue weighted by molar-refractivity contribution is 0.278. The van der Waals surface area contributed by atoms with Crippen molar-refractivity contribution in [2.45, 2.75) is 45.4 Å². The van der Waals surface area contributed by atoms with Crippen molar-refractivity contribution in [2.24, 2.45) is 11.8 Å². The lowest BCUT2D eigenvalue weighted by Gasteiger charge is -2.26. The highest BCUT2D eigenvalue weighted by Gasteiger charge is 2.17. The van der Waals surface area contributed by atoms with Gasteiger partial charge in [0.25, 0.3) is 0 Å². The molecule has 1 rings (SSSR count). The third kappa shape index (κ3) is 7.13. The van der Waals surface area contributed by atoms with Gasteiger partial charge < -0.3 is 0 Å². The summed E-state index contributed by atoms with van der Waals surface area (Å²) in [4.78, 5) is 0. The van der Waals surface area contributed by atoms with E-state index in [-0.39, 0.29) is 0 Å². The maximum Gasteiger partial charge on any atom is -0.0262 e. The van der Waals surface area contributed by atoms with Gasteiger partial charge >= 0.3 is 0 Å². The molecule has 21 heavy (non-hydrogen) atoms. The Kier molecular flexibility index (Phi) is 7.82. The Balaban J connectivity index is 2.31. The van der Waals surface area contributed by atoms with E-state index < -0.39 is 0 Å². The number of hydrogen-bond acceptors (Lipinski definition) is 0. The summed E-state index contributed by atoms with van der Waals surface area (Å²) in [7, 11) is 0. The van der Waals surface area contributed by atoms with Crippen LogP contribution in [0.2, 0.25) is 0 Å². The van der Waals surface area contributed by atoms with E-state index in [9.17, 15) is 0 Å². The summed E-state index contributed by atoms with van der Waals surface area (Å²) >= 11 is 0. The fourth-order valence-corrected chi connectivity index (χ4v) is 2.71. The molecule has 0 saturated heterocycles. The van der Waals surface area contributed by atoms with Gasteiger partial charge in [0, 0.05) is 0 Å². The molecule has 0 aromatic carbocycles. The molecule has 0 unspecified atom stereocenters. The Morgan fingerprint density at radius 3 is 2.19 bits per heavy atom. The zero-order chi connectivity index (χ0) is 15.7. The van der Waals surface area contributed by atoms with Crippen LogP contribution < -0.4 is 0 Å². The standard InChI is InChI=1S/C21H30/c1-6-7-8-19(4)20(5)13-9-17(2)10-14-21-15-11-18(3)12-16-21/h6-9,13,18,21H,1-2,4-5,10-12,14-16H2,3H3/b8-7-,13-9-. The first kappa shape index (κ1) is 17.5. The number of rotatable bonds is 8. The highest BCUT2D eigenvalue weighted by atomic mass is 14.2. The van der Waals surface area contributed by atoms with Crippen LogP contribution in [0, 0.1) is 11.8 Å². The molecule has 1 aliphatic carbocycles. The van der Waals surface area contributed by atoms with Crippen LogP contribution in [-0.2, 0) is 0 Å². The normalized spacial score (nSPS) is 22.5. The molecular weight excluding hydrogens is 252 g/mol. The van der Waals surface area contributed by atoms with Crippen LogP contribution in [0.1, 0.15) is 45.4 Å². The predicted octanol–water partition coefficient (Wildman–Crippen LogP) is 6.56. The van der Waals surface area contributed by atoms with Gasteiger partial charge in [0.2, 0.25) is 0 Å². The van der Waals surface area contributed by atoms with Crippen LogP contribution in [0.4, 0.5) is 0 Å². The monoisotopic (exact) mass is 282 g/mol. The third-order valence-electron chi connectivity index (χ3n) is 4.38.